The molecule has 0 N–H and O–H groups in total. The molecule has 0 aliphatic rings. The highest BCUT2D eigenvalue weighted by atomic mass is 79.9. The van der Waals surface area contributed by atoms with Crippen LogP contribution in [-0.2, 0) is 11.4 Å². The summed E-state index contributed by atoms with van der Waals surface area (Å²) in [4.78, 5) is 4.16. The van der Waals surface area contributed by atoms with Gasteiger partial charge in [0.25, 0.3) is 0 Å². The second-order valence-corrected chi connectivity index (χ2v) is 9.09. The van der Waals surface area contributed by atoms with Crippen molar-refractivity contribution in [2.24, 2.45) is 4.40 Å². The van der Waals surface area contributed by atoms with Crippen molar-refractivity contribution in [3.63, 3.8) is 0 Å². The summed E-state index contributed by atoms with van der Waals surface area (Å²) in [5.41, 5.74) is 0.464. The number of rotatable bonds is 4. The molecule has 0 saturated heterocycles. The Morgan fingerprint density at radius 2 is 1.89 bits per heavy atom. The van der Waals surface area contributed by atoms with Gasteiger partial charge in [0.1, 0.15) is 27.5 Å². The van der Waals surface area contributed by atoms with E-state index < -0.39 is 34.0 Å². The molecule has 1 atom stereocenters. The van der Waals surface area contributed by atoms with Crippen molar-refractivity contribution in [1.82, 2.24) is 4.98 Å². The van der Waals surface area contributed by atoms with Gasteiger partial charge in [-0.1, -0.05) is 4.40 Å². The SMILES string of the molecule is CC(C)(C)[S@+]([O-])N=C(c1ccc(OC(F)(F)F)c(F)c1)c1ncccc1Br. The van der Waals surface area contributed by atoms with Crippen LogP contribution in [0, 0.1) is 5.82 Å². The molecular weight excluding hydrogens is 452 g/mol. The van der Waals surface area contributed by atoms with E-state index in [2.05, 4.69) is 30.0 Å². The monoisotopic (exact) mass is 466 g/mol. The fourth-order valence-electron chi connectivity index (χ4n) is 1.87. The number of alkyl halides is 3. The summed E-state index contributed by atoms with van der Waals surface area (Å²) in [6, 6.07) is 6.18. The highest BCUT2D eigenvalue weighted by Crippen LogP contribution is 2.29. The molecule has 0 spiro atoms. The van der Waals surface area contributed by atoms with Gasteiger partial charge in [-0.3, -0.25) is 4.98 Å². The van der Waals surface area contributed by atoms with E-state index in [-0.39, 0.29) is 17.0 Å². The first-order valence-electron chi connectivity index (χ1n) is 7.56. The van der Waals surface area contributed by atoms with Crippen LogP contribution in [0.25, 0.3) is 0 Å². The van der Waals surface area contributed by atoms with E-state index in [1.807, 2.05) is 0 Å². The Balaban J connectivity index is 2.57. The number of halogens is 5. The lowest BCUT2D eigenvalue weighted by Gasteiger charge is -2.19. The minimum Gasteiger partial charge on any atom is -0.591 e. The molecule has 0 aliphatic carbocycles. The van der Waals surface area contributed by atoms with Crippen molar-refractivity contribution < 1.29 is 26.9 Å². The number of nitrogens with zero attached hydrogens (tertiary/aromatic N) is 2. The van der Waals surface area contributed by atoms with Crippen LogP contribution in [0.15, 0.2) is 45.4 Å². The summed E-state index contributed by atoms with van der Waals surface area (Å²) in [5.74, 6) is -2.20. The van der Waals surface area contributed by atoms with Gasteiger partial charge in [0.05, 0.1) is 0 Å². The Labute approximate surface area is 165 Å². The Morgan fingerprint density at radius 1 is 1.22 bits per heavy atom. The van der Waals surface area contributed by atoms with Crippen LogP contribution < -0.4 is 4.74 Å². The minimum absolute atomic E-state index is 0.0770. The molecule has 2 rings (SSSR count). The zero-order valence-electron chi connectivity index (χ0n) is 14.5. The second-order valence-electron chi connectivity index (χ2n) is 6.33. The largest absolute Gasteiger partial charge is 0.591 e. The molecule has 0 amide bonds. The summed E-state index contributed by atoms with van der Waals surface area (Å²) in [6.07, 6.45) is -3.55. The third kappa shape index (κ3) is 5.91. The Bertz CT molecular complexity index is 854. The van der Waals surface area contributed by atoms with Crippen LogP contribution in [0.1, 0.15) is 32.0 Å². The van der Waals surface area contributed by atoms with E-state index in [1.54, 1.807) is 32.9 Å². The Morgan fingerprint density at radius 3 is 2.41 bits per heavy atom. The van der Waals surface area contributed by atoms with Crippen molar-refractivity contribution >= 4 is 33.0 Å². The van der Waals surface area contributed by atoms with Gasteiger partial charge in [0.15, 0.2) is 11.6 Å². The van der Waals surface area contributed by atoms with Crippen LogP contribution in [0.5, 0.6) is 5.75 Å². The van der Waals surface area contributed by atoms with E-state index in [0.29, 0.717) is 4.47 Å². The molecule has 0 fully saturated rings. The van der Waals surface area contributed by atoms with Gasteiger partial charge in [-0.05, 0) is 67.0 Å². The fraction of sp³-hybridized carbons (Fsp3) is 0.294. The molecule has 0 radical (unpaired) electrons. The first kappa shape index (κ1) is 21.6. The summed E-state index contributed by atoms with van der Waals surface area (Å²) in [6.45, 7) is 5.12. The lowest BCUT2D eigenvalue weighted by Crippen LogP contribution is -2.27. The lowest BCUT2D eigenvalue weighted by atomic mass is 10.1. The molecule has 146 valence electrons. The van der Waals surface area contributed by atoms with Crippen LogP contribution in [0.2, 0.25) is 0 Å². The van der Waals surface area contributed by atoms with Gasteiger partial charge in [-0.2, -0.15) is 0 Å². The number of pyridine rings is 1. The van der Waals surface area contributed by atoms with Crippen molar-refractivity contribution in [1.29, 1.82) is 0 Å². The molecule has 0 unspecified atom stereocenters. The molecule has 27 heavy (non-hydrogen) atoms. The fourth-order valence-corrected chi connectivity index (χ4v) is 2.94. The molecule has 10 heteroatoms. The maximum atomic E-state index is 14.1. The van der Waals surface area contributed by atoms with Crippen molar-refractivity contribution in [3.05, 3.63) is 58.1 Å². The van der Waals surface area contributed by atoms with E-state index in [1.165, 1.54) is 12.3 Å². The number of ether oxygens (including phenoxy) is 1. The van der Waals surface area contributed by atoms with Crippen LogP contribution in [-0.4, -0.2) is 26.4 Å². The standard InChI is InChI=1S/C17H15BrF4N2O2S/c1-16(2,3)27(25)24-14(15-11(18)5-4-8-23-15)10-6-7-13(12(19)9-10)26-17(20,21)22/h4-9H,1-3H3/t27-/m0/s1. The molecule has 4 nitrogen and oxygen atoms in total. The number of benzene rings is 1. The maximum Gasteiger partial charge on any atom is 0.573 e. The first-order valence-corrected chi connectivity index (χ1v) is 9.46. The average molecular weight is 467 g/mol. The minimum atomic E-state index is -5.02. The maximum absolute atomic E-state index is 14.1. The topological polar surface area (TPSA) is 57.5 Å². The smallest absolute Gasteiger partial charge is 0.573 e. The van der Waals surface area contributed by atoms with Gasteiger partial charge in [0.2, 0.25) is 0 Å². The Hall–Kier alpha value is -1.65. The van der Waals surface area contributed by atoms with Crippen LogP contribution in [0.3, 0.4) is 0 Å². The molecule has 2 aromatic rings. The molecule has 0 saturated carbocycles. The number of aromatic nitrogens is 1. The number of hydrogen-bond donors (Lipinski definition) is 0. The Kier molecular flexibility index (Phi) is 6.54. The van der Waals surface area contributed by atoms with Crippen molar-refractivity contribution in [2.75, 3.05) is 0 Å². The first-order chi connectivity index (χ1) is 12.4. The molecule has 1 heterocycles. The average Bonchev–Trinajstić information content (AvgIpc) is 2.53. The highest BCUT2D eigenvalue weighted by molar-refractivity contribution is 9.10. The zero-order valence-corrected chi connectivity index (χ0v) is 16.9. The van der Waals surface area contributed by atoms with Gasteiger partial charge >= 0.3 is 6.36 Å². The number of hydrogen-bond acceptors (Lipinski definition) is 4. The quantitative estimate of drug-likeness (QED) is 0.354. The molecule has 0 aliphatic heterocycles. The third-order valence-corrected chi connectivity index (χ3v) is 5.15. The van der Waals surface area contributed by atoms with Crippen LogP contribution in [0.4, 0.5) is 17.6 Å². The summed E-state index contributed by atoms with van der Waals surface area (Å²) < 4.78 is 71.2. The lowest BCUT2D eigenvalue weighted by molar-refractivity contribution is -0.275. The summed E-state index contributed by atoms with van der Waals surface area (Å²) in [7, 11) is 0. The van der Waals surface area contributed by atoms with Crippen LogP contribution >= 0.6 is 15.9 Å². The van der Waals surface area contributed by atoms with Gasteiger partial charge in [0, 0.05) is 16.2 Å². The summed E-state index contributed by atoms with van der Waals surface area (Å²) >= 11 is 1.59. The van der Waals surface area contributed by atoms with Gasteiger partial charge in [-0.15, -0.1) is 13.2 Å². The zero-order chi connectivity index (χ0) is 20.4. The van der Waals surface area contributed by atoms with Gasteiger partial charge in [-0.25, -0.2) is 4.39 Å². The molecular formula is C17H15BrF4N2O2S. The summed E-state index contributed by atoms with van der Waals surface area (Å²) in [5, 5.41) is 0. The predicted molar refractivity (Wildman–Crippen MR) is 98.6 cm³/mol. The van der Waals surface area contributed by atoms with Crippen molar-refractivity contribution in [3.8, 4) is 5.75 Å². The molecule has 1 aromatic heterocycles. The second kappa shape index (κ2) is 8.15. The van der Waals surface area contributed by atoms with E-state index in [4.69, 9.17) is 0 Å². The van der Waals surface area contributed by atoms with Gasteiger partial charge < -0.3 is 9.29 Å². The highest BCUT2D eigenvalue weighted by Gasteiger charge is 2.33. The molecule has 1 aromatic carbocycles. The normalized spacial score (nSPS) is 14.2. The van der Waals surface area contributed by atoms with E-state index >= 15 is 0 Å². The van der Waals surface area contributed by atoms with E-state index in [9.17, 15) is 22.1 Å². The third-order valence-electron chi connectivity index (χ3n) is 3.11. The predicted octanol–water partition coefficient (Wildman–Crippen LogP) is 5.18. The van der Waals surface area contributed by atoms with Crippen molar-refractivity contribution in [2.45, 2.75) is 31.9 Å². The molecule has 0 bridgehead atoms. The van der Waals surface area contributed by atoms with E-state index in [0.717, 1.165) is 12.1 Å².